The fourth-order valence-corrected chi connectivity index (χ4v) is 1.78. The summed E-state index contributed by atoms with van der Waals surface area (Å²) < 4.78 is 16.4. The second kappa shape index (κ2) is 6.30. The first-order valence-corrected chi connectivity index (χ1v) is 6.72. The lowest BCUT2D eigenvalue weighted by Gasteiger charge is -2.22. The van der Waals surface area contributed by atoms with Crippen LogP contribution in [0.2, 0.25) is 0 Å². The van der Waals surface area contributed by atoms with Gasteiger partial charge in [0.15, 0.2) is 17.9 Å². The van der Waals surface area contributed by atoms with Crippen LogP contribution in [-0.2, 0) is 14.2 Å². The van der Waals surface area contributed by atoms with Crippen molar-refractivity contribution in [3.63, 3.8) is 0 Å². The van der Waals surface area contributed by atoms with Gasteiger partial charge in [-0.3, -0.25) is 0 Å². The summed E-state index contributed by atoms with van der Waals surface area (Å²) in [6.07, 6.45) is 1.41. The molecule has 0 bridgehead atoms. The number of rotatable bonds is 7. The van der Waals surface area contributed by atoms with E-state index in [9.17, 15) is 10.2 Å². The number of hydrogen-bond donors (Lipinski definition) is 2. The van der Waals surface area contributed by atoms with E-state index in [1.165, 1.54) is 0 Å². The smallest absolute Gasteiger partial charge is 0.184 e. The van der Waals surface area contributed by atoms with Crippen molar-refractivity contribution in [1.29, 1.82) is 0 Å². The number of aliphatic hydroxyl groups is 2. The summed E-state index contributed by atoms with van der Waals surface area (Å²) in [7, 11) is 0. The molecular weight excluding hydrogens is 236 g/mol. The third-order valence-electron chi connectivity index (χ3n) is 3.43. The lowest BCUT2D eigenvalue weighted by atomic mass is 10.2. The molecule has 0 amide bonds. The molecule has 18 heavy (non-hydrogen) atoms. The Bertz CT molecular complexity index is 256. The van der Waals surface area contributed by atoms with E-state index in [0.29, 0.717) is 32.3 Å². The lowest BCUT2D eigenvalue weighted by Crippen LogP contribution is -2.28. The number of hydrogen-bond acceptors (Lipinski definition) is 5. The van der Waals surface area contributed by atoms with E-state index in [4.69, 9.17) is 14.2 Å². The van der Waals surface area contributed by atoms with Crippen molar-refractivity contribution in [3.8, 4) is 0 Å². The van der Waals surface area contributed by atoms with Crippen LogP contribution >= 0.6 is 0 Å². The molecule has 0 aromatic heterocycles. The minimum absolute atomic E-state index is 0.315. The molecule has 5 heteroatoms. The van der Waals surface area contributed by atoms with E-state index in [1.807, 2.05) is 20.8 Å². The van der Waals surface area contributed by atoms with Crippen LogP contribution in [0.15, 0.2) is 0 Å². The van der Waals surface area contributed by atoms with Crippen LogP contribution < -0.4 is 0 Å². The lowest BCUT2D eigenvalue weighted by molar-refractivity contribution is -0.194. The molecule has 5 nitrogen and oxygen atoms in total. The van der Waals surface area contributed by atoms with Crippen molar-refractivity contribution in [1.82, 2.24) is 0 Å². The van der Waals surface area contributed by atoms with Crippen LogP contribution in [0.3, 0.4) is 0 Å². The molecule has 0 spiro atoms. The second-order valence-electron chi connectivity index (χ2n) is 5.17. The summed E-state index contributed by atoms with van der Waals surface area (Å²) in [5.74, 6) is -1.75. The molecule has 0 radical (unpaired) electrons. The SMILES string of the molecule is CCC(C)(O)OCCCC1OC(C)(CC)OC1O. The van der Waals surface area contributed by atoms with Crippen LogP contribution in [0, 0.1) is 0 Å². The minimum Gasteiger partial charge on any atom is -0.366 e. The Morgan fingerprint density at radius 3 is 2.50 bits per heavy atom. The van der Waals surface area contributed by atoms with Gasteiger partial charge in [0.2, 0.25) is 0 Å². The molecule has 2 N–H and O–H groups in total. The number of aliphatic hydroxyl groups excluding tert-OH is 1. The molecule has 1 saturated heterocycles. The van der Waals surface area contributed by atoms with Crippen LogP contribution in [0.5, 0.6) is 0 Å². The third-order valence-corrected chi connectivity index (χ3v) is 3.43. The van der Waals surface area contributed by atoms with Crippen molar-refractivity contribution in [2.45, 2.75) is 77.3 Å². The highest BCUT2D eigenvalue weighted by atomic mass is 16.8. The van der Waals surface area contributed by atoms with Gasteiger partial charge in [-0.15, -0.1) is 0 Å². The maximum Gasteiger partial charge on any atom is 0.184 e. The van der Waals surface area contributed by atoms with Crippen LogP contribution in [0.1, 0.15) is 53.4 Å². The Balaban J connectivity index is 2.25. The molecule has 0 aromatic carbocycles. The summed E-state index contributed by atoms with van der Waals surface area (Å²) in [5.41, 5.74) is 0. The first-order chi connectivity index (χ1) is 8.32. The monoisotopic (exact) mass is 262 g/mol. The molecule has 4 atom stereocenters. The fraction of sp³-hybridized carbons (Fsp3) is 1.00. The highest BCUT2D eigenvalue weighted by Crippen LogP contribution is 2.32. The highest BCUT2D eigenvalue weighted by Gasteiger charge is 2.41. The van der Waals surface area contributed by atoms with Gasteiger partial charge < -0.3 is 24.4 Å². The first kappa shape index (κ1) is 15.9. The quantitative estimate of drug-likeness (QED) is 0.540. The topological polar surface area (TPSA) is 68.2 Å². The zero-order valence-electron chi connectivity index (χ0n) is 11.8. The van der Waals surface area contributed by atoms with Gasteiger partial charge in [-0.25, -0.2) is 0 Å². The highest BCUT2D eigenvalue weighted by molar-refractivity contribution is 4.76. The summed E-state index contributed by atoms with van der Waals surface area (Å²) in [5, 5.41) is 19.4. The summed E-state index contributed by atoms with van der Waals surface area (Å²) in [6.45, 7) is 7.73. The average molecular weight is 262 g/mol. The van der Waals surface area contributed by atoms with E-state index in [2.05, 4.69) is 0 Å². The molecule has 108 valence electrons. The first-order valence-electron chi connectivity index (χ1n) is 6.72. The van der Waals surface area contributed by atoms with Crippen molar-refractivity contribution in [3.05, 3.63) is 0 Å². The van der Waals surface area contributed by atoms with Gasteiger partial charge in [-0.05, 0) is 39.5 Å². The average Bonchev–Trinajstić information content (AvgIpc) is 2.61. The molecular formula is C13H26O5. The maximum atomic E-state index is 9.72. The van der Waals surface area contributed by atoms with Gasteiger partial charge in [0, 0.05) is 0 Å². The zero-order valence-corrected chi connectivity index (χ0v) is 11.8. The van der Waals surface area contributed by atoms with Crippen LogP contribution in [0.4, 0.5) is 0 Å². The standard InChI is InChI=1S/C13H26O5/c1-5-12(3,15)16-9-7-8-10-11(14)18-13(4,6-2)17-10/h10-11,14-15H,5-9H2,1-4H3. The van der Waals surface area contributed by atoms with Gasteiger partial charge >= 0.3 is 0 Å². The van der Waals surface area contributed by atoms with E-state index in [-0.39, 0.29) is 6.10 Å². The maximum absolute atomic E-state index is 9.72. The molecule has 1 aliphatic heterocycles. The van der Waals surface area contributed by atoms with Gasteiger partial charge in [-0.2, -0.15) is 0 Å². The molecule has 0 aromatic rings. The molecule has 1 fully saturated rings. The molecule has 1 heterocycles. The van der Waals surface area contributed by atoms with Gasteiger partial charge in [-0.1, -0.05) is 13.8 Å². The molecule has 1 rings (SSSR count). The summed E-state index contributed by atoms with van der Waals surface area (Å²) in [4.78, 5) is 0. The normalized spacial score (nSPS) is 35.7. The zero-order chi connectivity index (χ0) is 13.8. The van der Waals surface area contributed by atoms with E-state index in [1.54, 1.807) is 6.92 Å². The molecule has 4 unspecified atom stereocenters. The van der Waals surface area contributed by atoms with Crippen molar-refractivity contribution >= 4 is 0 Å². The van der Waals surface area contributed by atoms with Crippen molar-refractivity contribution in [2.24, 2.45) is 0 Å². The van der Waals surface area contributed by atoms with Crippen molar-refractivity contribution < 1.29 is 24.4 Å². The van der Waals surface area contributed by atoms with Gasteiger partial charge in [0.1, 0.15) is 6.10 Å². The Hall–Kier alpha value is -0.200. The van der Waals surface area contributed by atoms with Gasteiger partial charge in [0.25, 0.3) is 0 Å². The fourth-order valence-electron chi connectivity index (χ4n) is 1.78. The second-order valence-corrected chi connectivity index (χ2v) is 5.17. The van der Waals surface area contributed by atoms with Crippen LogP contribution in [0.25, 0.3) is 0 Å². The van der Waals surface area contributed by atoms with E-state index < -0.39 is 17.9 Å². The Morgan fingerprint density at radius 2 is 2.00 bits per heavy atom. The predicted molar refractivity (Wildman–Crippen MR) is 66.8 cm³/mol. The minimum atomic E-state index is -1.07. The van der Waals surface area contributed by atoms with E-state index >= 15 is 0 Å². The molecule has 0 saturated carbocycles. The Labute approximate surface area is 109 Å². The third kappa shape index (κ3) is 4.48. The summed E-state index contributed by atoms with van der Waals surface area (Å²) >= 11 is 0. The largest absolute Gasteiger partial charge is 0.366 e. The molecule has 0 aliphatic carbocycles. The summed E-state index contributed by atoms with van der Waals surface area (Å²) in [6, 6.07) is 0. The van der Waals surface area contributed by atoms with E-state index in [0.717, 1.165) is 0 Å². The number of ether oxygens (including phenoxy) is 3. The van der Waals surface area contributed by atoms with Crippen LogP contribution in [-0.4, -0.2) is 40.8 Å². The van der Waals surface area contributed by atoms with Crippen molar-refractivity contribution in [2.75, 3.05) is 6.61 Å². The Kier molecular flexibility index (Phi) is 5.55. The predicted octanol–water partition coefficient (Wildman–Crippen LogP) is 1.76. The Morgan fingerprint density at radius 1 is 1.33 bits per heavy atom. The van der Waals surface area contributed by atoms with Gasteiger partial charge in [0.05, 0.1) is 6.61 Å². The molecule has 1 aliphatic rings.